The predicted molar refractivity (Wildman–Crippen MR) is 78.3 cm³/mol. The van der Waals surface area contributed by atoms with E-state index in [1.165, 1.54) is 18.4 Å². The molecule has 5 heteroatoms. The summed E-state index contributed by atoms with van der Waals surface area (Å²) in [5.74, 6) is 0.989. The normalized spacial score (nSPS) is 14.6. The molecule has 1 aliphatic carbocycles. The van der Waals surface area contributed by atoms with E-state index in [2.05, 4.69) is 37.7 Å². The first kappa shape index (κ1) is 12.6. The van der Waals surface area contributed by atoms with Crippen molar-refractivity contribution in [2.75, 3.05) is 11.9 Å². The number of pyridine rings is 1. The van der Waals surface area contributed by atoms with Crippen LogP contribution in [0.1, 0.15) is 24.1 Å². The lowest BCUT2D eigenvalue weighted by Gasteiger charge is -2.17. The molecule has 2 aromatic rings. The van der Waals surface area contributed by atoms with Gasteiger partial charge in [0.25, 0.3) is 0 Å². The minimum Gasteiger partial charge on any atom is -0.354 e. The van der Waals surface area contributed by atoms with Crippen LogP contribution in [0.15, 0.2) is 29.2 Å². The Labute approximate surface area is 117 Å². The number of thiazole rings is 1. The molecule has 1 N–H and O–H groups in total. The van der Waals surface area contributed by atoms with Gasteiger partial charge in [0.1, 0.15) is 5.82 Å². The van der Waals surface area contributed by atoms with Gasteiger partial charge in [0.2, 0.25) is 0 Å². The van der Waals surface area contributed by atoms with Crippen LogP contribution in [0.3, 0.4) is 0 Å². The lowest BCUT2D eigenvalue weighted by molar-refractivity contribution is 0.685. The first-order valence-electron chi connectivity index (χ1n) is 6.58. The Morgan fingerprint density at radius 2 is 2.26 bits per heavy atom. The molecule has 0 spiro atoms. The average Bonchev–Trinajstić information content (AvgIpc) is 3.13. The van der Waals surface area contributed by atoms with Crippen LogP contribution in [0.2, 0.25) is 0 Å². The van der Waals surface area contributed by atoms with Crippen LogP contribution in [0, 0.1) is 0 Å². The third-order valence-electron chi connectivity index (χ3n) is 3.26. The van der Waals surface area contributed by atoms with Crippen molar-refractivity contribution in [3.05, 3.63) is 40.5 Å². The van der Waals surface area contributed by atoms with E-state index in [0.717, 1.165) is 30.6 Å². The molecule has 4 nitrogen and oxygen atoms in total. The van der Waals surface area contributed by atoms with Crippen molar-refractivity contribution < 1.29 is 0 Å². The molecule has 1 aliphatic rings. The molecule has 1 fully saturated rings. The monoisotopic (exact) mass is 274 g/mol. The number of nitrogens with zero attached hydrogens (tertiary/aromatic N) is 3. The molecular formula is C14H18N4S. The van der Waals surface area contributed by atoms with Gasteiger partial charge >= 0.3 is 0 Å². The van der Waals surface area contributed by atoms with Crippen LogP contribution in [-0.2, 0) is 13.1 Å². The highest BCUT2D eigenvalue weighted by molar-refractivity contribution is 7.07. The van der Waals surface area contributed by atoms with Gasteiger partial charge in [-0.05, 0) is 24.5 Å². The molecule has 3 rings (SSSR count). The quantitative estimate of drug-likeness (QED) is 0.878. The fraction of sp³-hybridized carbons (Fsp3) is 0.429. The summed E-state index contributed by atoms with van der Waals surface area (Å²) in [7, 11) is 2.05. The van der Waals surface area contributed by atoms with E-state index in [1.807, 2.05) is 18.8 Å². The van der Waals surface area contributed by atoms with Gasteiger partial charge in [-0.15, -0.1) is 11.3 Å². The molecule has 0 radical (unpaired) electrons. The van der Waals surface area contributed by atoms with Crippen molar-refractivity contribution in [3.8, 4) is 0 Å². The average molecular weight is 274 g/mol. The molecule has 2 heterocycles. The van der Waals surface area contributed by atoms with Crippen LogP contribution in [0.25, 0.3) is 0 Å². The first-order valence-corrected chi connectivity index (χ1v) is 7.52. The molecule has 0 bridgehead atoms. The Balaban J connectivity index is 1.57. The largest absolute Gasteiger partial charge is 0.354 e. The van der Waals surface area contributed by atoms with Gasteiger partial charge in [-0.3, -0.25) is 0 Å². The number of rotatable bonds is 6. The van der Waals surface area contributed by atoms with E-state index in [0.29, 0.717) is 0 Å². The number of hydrogen-bond donors (Lipinski definition) is 1. The van der Waals surface area contributed by atoms with E-state index >= 15 is 0 Å². The lowest BCUT2D eigenvalue weighted by atomic mass is 10.2. The summed E-state index contributed by atoms with van der Waals surface area (Å²) in [6, 6.07) is 4.97. The standard InChI is InChI=1S/C14H18N4S/c1-18(8-13-9-19-10-17-13)14-5-2-11(7-16-14)6-15-12-3-4-12/h2,5,7,9-10,12,15H,3-4,6,8H2,1H3. The highest BCUT2D eigenvalue weighted by Crippen LogP contribution is 2.19. The van der Waals surface area contributed by atoms with Crippen molar-refractivity contribution in [1.82, 2.24) is 15.3 Å². The van der Waals surface area contributed by atoms with Gasteiger partial charge in [-0.2, -0.15) is 0 Å². The zero-order chi connectivity index (χ0) is 13.1. The number of anilines is 1. The van der Waals surface area contributed by atoms with E-state index in [-0.39, 0.29) is 0 Å². The second kappa shape index (κ2) is 5.67. The predicted octanol–water partition coefficient (Wildman–Crippen LogP) is 2.43. The topological polar surface area (TPSA) is 41.1 Å². The Morgan fingerprint density at radius 1 is 1.37 bits per heavy atom. The van der Waals surface area contributed by atoms with Crippen LogP contribution >= 0.6 is 11.3 Å². The molecule has 0 amide bonds. The summed E-state index contributed by atoms with van der Waals surface area (Å²) >= 11 is 1.63. The molecule has 19 heavy (non-hydrogen) atoms. The molecule has 0 atom stereocenters. The molecule has 0 aromatic carbocycles. The Bertz CT molecular complexity index is 505. The molecule has 0 aliphatic heterocycles. The van der Waals surface area contributed by atoms with Crippen LogP contribution < -0.4 is 10.2 Å². The lowest BCUT2D eigenvalue weighted by Crippen LogP contribution is -2.18. The summed E-state index contributed by atoms with van der Waals surface area (Å²) < 4.78 is 0. The zero-order valence-corrected chi connectivity index (χ0v) is 11.9. The fourth-order valence-corrected chi connectivity index (χ4v) is 2.49. The third kappa shape index (κ3) is 3.52. The molecule has 100 valence electrons. The van der Waals surface area contributed by atoms with Crippen molar-refractivity contribution in [3.63, 3.8) is 0 Å². The van der Waals surface area contributed by atoms with Gasteiger partial charge < -0.3 is 10.2 Å². The molecule has 0 unspecified atom stereocenters. The second-order valence-electron chi connectivity index (χ2n) is 5.02. The third-order valence-corrected chi connectivity index (χ3v) is 3.89. The van der Waals surface area contributed by atoms with Gasteiger partial charge in [0, 0.05) is 31.2 Å². The van der Waals surface area contributed by atoms with E-state index in [4.69, 9.17) is 0 Å². The minimum absolute atomic E-state index is 0.743. The zero-order valence-electron chi connectivity index (χ0n) is 11.0. The summed E-state index contributed by atoms with van der Waals surface area (Å²) in [6.07, 6.45) is 4.60. The molecule has 0 saturated heterocycles. The first-order chi connectivity index (χ1) is 9.31. The Morgan fingerprint density at radius 3 is 2.89 bits per heavy atom. The molecule has 1 saturated carbocycles. The second-order valence-corrected chi connectivity index (χ2v) is 5.73. The molecular weight excluding hydrogens is 256 g/mol. The Kier molecular flexibility index (Phi) is 3.75. The van der Waals surface area contributed by atoms with Crippen molar-refractivity contribution in [1.29, 1.82) is 0 Å². The summed E-state index contributed by atoms with van der Waals surface area (Å²) in [5, 5.41) is 5.57. The van der Waals surface area contributed by atoms with E-state index in [1.54, 1.807) is 11.3 Å². The fourth-order valence-electron chi connectivity index (χ4n) is 1.94. The van der Waals surface area contributed by atoms with Crippen molar-refractivity contribution in [2.45, 2.75) is 32.0 Å². The summed E-state index contributed by atoms with van der Waals surface area (Å²) in [4.78, 5) is 10.9. The Hall–Kier alpha value is -1.46. The van der Waals surface area contributed by atoms with Crippen LogP contribution in [0.4, 0.5) is 5.82 Å². The number of hydrogen-bond acceptors (Lipinski definition) is 5. The maximum atomic E-state index is 4.52. The van der Waals surface area contributed by atoms with Gasteiger partial charge in [0.15, 0.2) is 0 Å². The minimum atomic E-state index is 0.743. The van der Waals surface area contributed by atoms with E-state index in [9.17, 15) is 0 Å². The van der Waals surface area contributed by atoms with Gasteiger partial charge in [-0.25, -0.2) is 9.97 Å². The number of nitrogens with one attached hydrogen (secondary N) is 1. The van der Waals surface area contributed by atoms with Crippen LogP contribution in [-0.4, -0.2) is 23.1 Å². The summed E-state index contributed by atoms with van der Waals surface area (Å²) in [6.45, 7) is 1.73. The number of aromatic nitrogens is 2. The highest BCUT2D eigenvalue weighted by atomic mass is 32.1. The van der Waals surface area contributed by atoms with Crippen molar-refractivity contribution in [2.24, 2.45) is 0 Å². The van der Waals surface area contributed by atoms with Gasteiger partial charge in [0.05, 0.1) is 17.7 Å². The smallest absolute Gasteiger partial charge is 0.128 e. The SMILES string of the molecule is CN(Cc1cscn1)c1ccc(CNC2CC2)cn1. The highest BCUT2D eigenvalue weighted by Gasteiger charge is 2.19. The maximum absolute atomic E-state index is 4.52. The van der Waals surface area contributed by atoms with Gasteiger partial charge in [-0.1, -0.05) is 6.07 Å². The van der Waals surface area contributed by atoms with E-state index < -0.39 is 0 Å². The summed E-state index contributed by atoms with van der Waals surface area (Å²) in [5.41, 5.74) is 4.20. The van der Waals surface area contributed by atoms with Crippen molar-refractivity contribution >= 4 is 17.2 Å². The van der Waals surface area contributed by atoms with Crippen LogP contribution in [0.5, 0.6) is 0 Å². The maximum Gasteiger partial charge on any atom is 0.128 e. The molecule has 2 aromatic heterocycles.